The predicted molar refractivity (Wildman–Crippen MR) is 194 cm³/mol. The van der Waals surface area contributed by atoms with Gasteiger partial charge in [0.05, 0.1) is 26.9 Å². The molecule has 11 nitrogen and oxygen atoms in total. The number of carbonyl (C=O) groups is 1. The van der Waals surface area contributed by atoms with Gasteiger partial charge in [-0.2, -0.15) is 4.98 Å². The molecule has 0 radical (unpaired) electrons. The van der Waals surface area contributed by atoms with E-state index in [1.165, 1.54) is 6.08 Å². The van der Waals surface area contributed by atoms with Crippen molar-refractivity contribution in [2.75, 3.05) is 80.5 Å². The summed E-state index contributed by atoms with van der Waals surface area (Å²) in [7, 11) is 1.71. The van der Waals surface area contributed by atoms with Gasteiger partial charge in [-0.15, -0.1) is 0 Å². The van der Waals surface area contributed by atoms with Gasteiger partial charge in [-0.25, -0.2) is 4.98 Å². The van der Waals surface area contributed by atoms with Crippen molar-refractivity contribution >= 4 is 80.6 Å². The summed E-state index contributed by atoms with van der Waals surface area (Å²) in [6, 6.07) is 10.6. The van der Waals surface area contributed by atoms with Crippen molar-refractivity contribution < 1.29 is 4.79 Å². The van der Waals surface area contributed by atoms with E-state index in [4.69, 9.17) is 4.98 Å². The predicted octanol–water partition coefficient (Wildman–Crippen LogP) is 5.38. The number of anilines is 6. The van der Waals surface area contributed by atoms with E-state index < -0.39 is 7.92 Å². The molecule has 2 saturated heterocycles. The highest BCUT2D eigenvalue weighted by Gasteiger charge is 2.28. The van der Waals surface area contributed by atoms with Crippen LogP contribution in [0.25, 0.3) is 11.0 Å². The zero-order chi connectivity index (χ0) is 32.2. The van der Waals surface area contributed by atoms with Crippen molar-refractivity contribution in [1.29, 1.82) is 0 Å². The van der Waals surface area contributed by atoms with Gasteiger partial charge in [0, 0.05) is 80.6 Å². The minimum Gasteiger partial charge on any atom is -0.370 e. The molecule has 0 aliphatic carbocycles. The van der Waals surface area contributed by atoms with Gasteiger partial charge in [0.25, 0.3) is 0 Å². The minimum atomic E-state index is -0.488. The van der Waals surface area contributed by atoms with Crippen LogP contribution in [0, 0.1) is 0 Å². The number of hydrogen-bond donors (Lipinski definition) is 3. The van der Waals surface area contributed by atoms with Crippen LogP contribution in [0.2, 0.25) is 0 Å². The maximum Gasteiger partial charge on any atom is 0.247 e. The van der Waals surface area contributed by atoms with Gasteiger partial charge in [0.2, 0.25) is 11.9 Å². The number of piperazine rings is 1. The van der Waals surface area contributed by atoms with Gasteiger partial charge in [-0.05, 0) is 85.6 Å². The van der Waals surface area contributed by atoms with Crippen LogP contribution < -0.4 is 26.2 Å². The minimum absolute atomic E-state index is 0.250. The Morgan fingerprint density at radius 2 is 1.74 bits per heavy atom. The summed E-state index contributed by atoms with van der Waals surface area (Å²) in [5, 5.41) is 11.0. The van der Waals surface area contributed by atoms with E-state index in [-0.39, 0.29) is 5.91 Å². The standard InChI is InChI=1S/C33H40BrN10OP/c1-5-29(45)39-27-20-22(6-9-28(27)44-14-10-23(11-15-44)43-18-16-42(2)17-19-43)38-33-37-21-24(34)32(41-33)40-26-8-7-25-30(31(26)46(3)4)36-13-12-35-25/h5-9,12-13,20-21,23H,1,10-11,14-19H2,2-4H3,(H,39,45)(H2,37,38,40,41). The molecule has 0 atom stereocenters. The molecule has 240 valence electrons. The Kier molecular flexibility index (Phi) is 10.1. The van der Waals surface area contributed by atoms with Crippen LogP contribution in [0.5, 0.6) is 0 Å². The van der Waals surface area contributed by atoms with E-state index in [9.17, 15) is 4.79 Å². The maximum atomic E-state index is 12.5. The number of rotatable bonds is 9. The molecule has 2 aromatic heterocycles. The quantitative estimate of drug-likeness (QED) is 0.155. The molecule has 2 aromatic carbocycles. The molecule has 1 amide bonds. The Morgan fingerprint density at radius 1 is 0.978 bits per heavy atom. The van der Waals surface area contributed by atoms with Gasteiger partial charge < -0.3 is 25.8 Å². The molecule has 6 rings (SSSR count). The average molecular weight is 704 g/mol. The van der Waals surface area contributed by atoms with Crippen molar-refractivity contribution in [2.24, 2.45) is 0 Å². The number of fused-ring (bicyclic) bond motifs is 1. The van der Waals surface area contributed by atoms with Crippen LogP contribution >= 0.6 is 23.9 Å². The normalized spacial score (nSPS) is 16.5. The van der Waals surface area contributed by atoms with Gasteiger partial charge >= 0.3 is 0 Å². The van der Waals surface area contributed by atoms with E-state index in [2.05, 4.69) is 94.6 Å². The Hall–Kier alpha value is -3.70. The summed E-state index contributed by atoms with van der Waals surface area (Å²) in [6.07, 6.45) is 8.66. The highest BCUT2D eigenvalue weighted by atomic mass is 79.9. The molecule has 2 aliphatic heterocycles. The van der Waals surface area contributed by atoms with Crippen LogP contribution in [0.1, 0.15) is 12.8 Å². The number of nitrogens with zero attached hydrogens (tertiary/aromatic N) is 7. The summed E-state index contributed by atoms with van der Waals surface area (Å²) in [6.45, 7) is 14.5. The Bertz CT molecular complexity index is 1720. The first kappa shape index (κ1) is 32.2. The smallest absolute Gasteiger partial charge is 0.247 e. The van der Waals surface area contributed by atoms with Crippen LogP contribution in [-0.2, 0) is 4.79 Å². The number of nitrogens with one attached hydrogen (secondary N) is 3. The lowest BCUT2D eigenvalue weighted by Gasteiger charge is -2.43. The van der Waals surface area contributed by atoms with Crippen LogP contribution in [0.3, 0.4) is 0 Å². The summed E-state index contributed by atoms with van der Waals surface area (Å²) < 4.78 is 0.731. The number of hydrogen-bond acceptors (Lipinski definition) is 10. The molecular formula is C33H40BrN10OP. The number of aromatic nitrogens is 4. The van der Waals surface area contributed by atoms with Crippen LogP contribution in [0.15, 0.2) is 66.1 Å². The molecule has 0 spiro atoms. The molecule has 2 fully saturated rings. The highest BCUT2D eigenvalue weighted by molar-refractivity contribution is 9.10. The van der Waals surface area contributed by atoms with Crippen molar-refractivity contribution in [3.63, 3.8) is 0 Å². The molecule has 0 bridgehead atoms. The van der Waals surface area contributed by atoms with Crippen molar-refractivity contribution in [1.82, 2.24) is 29.7 Å². The fourth-order valence-corrected chi connectivity index (χ4v) is 7.68. The molecule has 0 saturated carbocycles. The average Bonchev–Trinajstić information content (AvgIpc) is 3.06. The molecule has 0 unspecified atom stereocenters. The Labute approximate surface area is 279 Å². The van der Waals surface area contributed by atoms with E-state index in [1.54, 1.807) is 18.6 Å². The van der Waals surface area contributed by atoms with Gasteiger partial charge in [-0.1, -0.05) is 14.5 Å². The molecule has 3 N–H and O–H groups in total. The van der Waals surface area contributed by atoms with E-state index in [1.807, 2.05) is 24.3 Å². The molecule has 4 aromatic rings. The first-order valence-corrected chi connectivity index (χ1v) is 18.5. The number of halogens is 1. The van der Waals surface area contributed by atoms with E-state index in [0.717, 1.165) is 95.7 Å². The van der Waals surface area contributed by atoms with Crippen LogP contribution in [-0.4, -0.2) is 101 Å². The summed E-state index contributed by atoms with van der Waals surface area (Å²) >= 11 is 3.61. The van der Waals surface area contributed by atoms with E-state index in [0.29, 0.717) is 17.8 Å². The molecule has 46 heavy (non-hydrogen) atoms. The number of carbonyl (C=O) groups excluding carboxylic acids is 1. The zero-order valence-electron chi connectivity index (χ0n) is 26.5. The summed E-state index contributed by atoms with van der Waals surface area (Å²) in [4.78, 5) is 38.3. The maximum absolute atomic E-state index is 12.5. The van der Waals surface area contributed by atoms with Gasteiger partial charge in [0.1, 0.15) is 5.82 Å². The second-order valence-electron chi connectivity index (χ2n) is 11.9. The Balaban J connectivity index is 1.20. The molecule has 4 heterocycles. The lowest BCUT2D eigenvalue weighted by molar-refractivity contribution is -0.111. The third-order valence-corrected chi connectivity index (χ3v) is 10.5. The topological polar surface area (TPSA) is 114 Å². The SMILES string of the molecule is C=CC(=O)Nc1cc(Nc2ncc(Br)c(Nc3ccc4nccnc4c3P(C)C)n2)ccc1N1CCC(N2CCN(C)CC2)CC1. The first-order valence-electron chi connectivity index (χ1n) is 15.5. The fourth-order valence-electron chi connectivity index (χ4n) is 6.18. The second-order valence-corrected chi connectivity index (χ2v) is 15.0. The number of amides is 1. The number of benzene rings is 2. The lowest BCUT2D eigenvalue weighted by Crippen LogP contribution is -2.52. The van der Waals surface area contributed by atoms with Crippen molar-refractivity contribution in [3.05, 3.63) is 66.1 Å². The fraction of sp³-hybridized carbons (Fsp3) is 0.364. The van der Waals surface area contributed by atoms with E-state index >= 15 is 0 Å². The first-order chi connectivity index (χ1) is 22.3. The third-order valence-electron chi connectivity index (χ3n) is 8.61. The van der Waals surface area contributed by atoms with Gasteiger partial charge in [-0.3, -0.25) is 19.7 Å². The zero-order valence-corrected chi connectivity index (χ0v) is 29.0. The highest BCUT2D eigenvalue weighted by Crippen LogP contribution is 2.36. The van der Waals surface area contributed by atoms with Crippen molar-refractivity contribution in [3.8, 4) is 0 Å². The van der Waals surface area contributed by atoms with Gasteiger partial charge in [0.15, 0.2) is 0 Å². The lowest BCUT2D eigenvalue weighted by atomic mass is 10.0. The monoisotopic (exact) mass is 702 g/mol. The molecule has 13 heteroatoms. The van der Waals surface area contributed by atoms with Crippen molar-refractivity contribution in [2.45, 2.75) is 18.9 Å². The second kappa shape index (κ2) is 14.4. The van der Waals surface area contributed by atoms with Crippen LogP contribution in [0.4, 0.5) is 34.5 Å². The summed E-state index contributed by atoms with van der Waals surface area (Å²) in [5.41, 5.74) is 5.18. The molecular weight excluding hydrogens is 663 g/mol. The largest absolute Gasteiger partial charge is 0.370 e. The summed E-state index contributed by atoms with van der Waals surface area (Å²) in [5.74, 6) is 0.795. The number of piperidine rings is 1. The number of likely N-dealkylation sites (N-methyl/N-ethyl adjacent to an activating group) is 1. The third kappa shape index (κ3) is 7.31. The Morgan fingerprint density at radius 3 is 2.48 bits per heavy atom. The molecule has 2 aliphatic rings.